The summed E-state index contributed by atoms with van der Waals surface area (Å²) in [6.45, 7) is 6.91. The third-order valence-corrected chi connectivity index (χ3v) is 7.58. The highest BCUT2D eigenvalue weighted by Crippen LogP contribution is 2.30. The largest absolute Gasteiger partial charge is 0.490 e. The SMILES string of the molecule is CCc1sc2nc(SCCOc3ccccc3F)n(Cc3ccc(C)cc3)c(=O)c2c1C. The molecular formula is C25H25FN2O2S2. The summed E-state index contributed by atoms with van der Waals surface area (Å²) in [4.78, 5) is 20.3. The Morgan fingerprint density at radius 3 is 2.59 bits per heavy atom. The van der Waals surface area contributed by atoms with E-state index < -0.39 is 0 Å². The number of aromatic nitrogens is 2. The fourth-order valence-electron chi connectivity index (χ4n) is 3.55. The minimum Gasteiger partial charge on any atom is -0.490 e. The predicted octanol–water partition coefficient (Wildman–Crippen LogP) is 6.00. The van der Waals surface area contributed by atoms with Gasteiger partial charge in [-0.05, 0) is 43.5 Å². The Morgan fingerprint density at radius 2 is 1.88 bits per heavy atom. The molecule has 4 rings (SSSR count). The third-order valence-electron chi connectivity index (χ3n) is 5.31. The quantitative estimate of drug-likeness (QED) is 0.181. The van der Waals surface area contributed by atoms with Gasteiger partial charge in [0.25, 0.3) is 5.56 Å². The molecule has 4 nitrogen and oxygen atoms in total. The van der Waals surface area contributed by atoms with Crippen molar-refractivity contribution in [1.29, 1.82) is 0 Å². The van der Waals surface area contributed by atoms with Crippen molar-refractivity contribution in [2.75, 3.05) is 12.4 Å². The number of halogens is 1. The van der Waals surface area contributed by atoms with Crippen LogP contribution in [0.3, 0.4) is 0 Å². The van der Waals surface area contributed by atoms with Crippen LogP contribution in [0.5, 0.6) is 5.75 Å². The monoisotopic (exact) mass is 468 g/mol. The lowest BCUT2D eigenvalue weighted by Crippen LogP contribution is -2.24. The van der Waals surface area contributed by atoms with E-state index in [2.05, 4.69) is 6.92 Å². The van der Waals surface area contributed by atoms with Gasteiger partial charge in [0.05, 0.1) is 18.5 Å². The minimum atomic E-state index is -0.380. The Balaban J connectivity index is 1.63. The Morgan fingerprint density at radius 1 is 1.12 bits per heavy atom. The van der Waals surface area contributed by atoms with Crippen molar-refractivity contribution in [2.24, 2.45) is 0 Å². The van der Waals surface area contributed by atoms with Crippen LogP contribution in [-0.2, 0) is 13.0 Å². The Labute approximate surface area is 195 Å². The summed E-state index contributed by atoms with van der Waals surface area (Å²) in [7, 11) is 0. The summed E-state index contributed by atoms with van der Waals surface area (Å²) in [5, 5.41) is 1.37. The molecule has 0 N–H and O–H groups in total. The zero-order valence-electron chi connectivity index (χ0n) is 18.4. The molecule has 0 saturated carbocycles. The highest BCUT2D eigenvalue weighted by atomic mass is 32.2. The van der Waals surface area contributed by atoms with Crippen molar-refractivity contribution in [2.45, 2.75) is 38.9 Å². The lowest BCUT2D eigenvalue weighted by molar-refractivity contribution is 0.324. The van der Waals surface area contributed by atoms with Gasteiger partial charge < -0.3 is 4.74 Å². The van der Waals surface area contributed by atoms with Crippen molar-refractivity contribution in [1.82, 2.24) is 9.55 Å². The third kappa shape index (κ3) is 4.74. The molecular weight excluding hydrogens is 443 g/mol. The molecule has 0 unspecified atom stereocenters. The second-order valence-corrected chi connectivity index (χ2v) is 9.73. The van der Waals surface area contributed by atoms with E-state index in [-0.39, 0.29) is 17.1 Å². The zero-order chi connectivity index (χ0) is 22.7. The van der Waals surface area contributed by atoms with E-state index in [4.69, 9.17) is 9.72 Å². The van der Waals surface area contributed by atoms with Crippen LogP contribution < -0.4 is 10.3 Å². The van der Waals surface area contributed by atoms with Gasteiger partial charge in [-0.1, -0.05) is 60.6 Å². The van der Waals surface area contributed by atoms with Crippen LogP contribution in [0.25, 0.3) is 10.2 Å². The first kappa shape index (κ1) is 22.6. The molecule has 0 fully saturated rings. The second-order valence-electron chi connectivity index (χ2n) is 7.58. The van der Waals surface area contributed by atoms with Crippen LogP contribution in [0.2, 0.25) is 0 Å². The Kier molecular flexibility index (Phi) is 6.96. The molecule has 32 heavy (non-hydrogen) atoms. The molecule has 7 heteroatoms. The fraction of sp³-hybridized carbons (Fsp3) is 0.280. The first-order chi connectivity index (χ1) is 15.5. The molecule has 0 aliphatic heterocycles. The van der Waals surface area contributed by atoms with Gasteiger partial charge in [0, 0.05) is 10.6 Å². The molecule has 0 amide bonds. The summed E-state index contributed by atoms with van der Waals surface area (Å²) in [6, 6.07) is 14.5. The molecule has 0 saturated heterocycles. The lowest BCUT2D eigenvalue weighted by Gasteiger charge is -2.13. The van der Waals surface area contributed by atoms with E-state index in [1.807, 2.05) is 38.1 Å². The maximum atomic E-state index is 13.8. The maximum Gasteiger partial charge on any atom is 0.263 e. The van der Waals surface area contributed by atoms with Crippen LogP contribution in [0.4, 0.5) is 4.39 Å². The van der Waals surface area contributed by atoms with Crippen LogP contribution in [0.15, 0.2) is 58.5 Å². The van der Waals surface area contributed by atoms with E-state index in [0.717, 1.165) is 22.4 Å². The number of benzene rings is 2. The molecule has 0 bridgehead atoms. The predicted molar refractivity (Wildman–Crippen MR) is 131 cm³/mol. The normalized spacial score (nSPS) is 11.2. The molecule has 0 radical (unpaired) electrons. The van der Waals surface area contributed by atoms with Gasteiger partial charge in [-0.3, -0.25) is 9.36 Å². The number of thioether (sulfide) groups is 1. The maximum absolute atomic E-state index is 13.8. The molecule has 2 aromatic heterocycles. The molecule has 0 aliphatic rings. The number of hydrogen-bond donors (Lipinski definition) is 0. The van der Waals surface area contributed by atoms with Crippen LogP contribution in [-0.4, -0.2) is 21.9 Å². The Bertz CT molecular complexity index is 1300. The van der Waals surface area contributed by atoms with Crippen molar-refractivity contribution in [3.63, 3.8) is 0 Å². The van der Waals surface area contributed by atoms with Crippen LogP contribution in [0.1, 0.15) is 28.5 Å². The fourth-order valence-corrected chi connectivity index (χ4v) is 5.53. The molecule has 0 aliphatic carbocycles. The number of aryl methyl sites for hydroxylation is 3. The summed E-state index contributed by atoms with van der Waals surface area (Å²) < 4.78 is 21.1. The molecule has 0 spiro atoms. The van der Waals surface area contributed by atoms with Crippen LogP contribution >= 0.6 is 23.1 Å². The van der Waals surface area contributed by atoms with Crippen molar-refractivity contribution < 1.29 is 9.13 Å². The first-order valence-electron chi connectivity index (χ1n) is 10.6. The molecule has 0 atom stereocenters. The van der Waals surface area contributed by atoms with E-state index in [1.165, 1.54) is 28.3 Å². The van der Waals surface area contributed by atoms with Gasteiger partial charge >= 0.3 is 0 Å². The summed E-state index contributed by atoms with van der Waals surface area (Å²) in [5.41, 5.74) is 3.24. The number of thiophene rings is 1. The summed E-state index contributed by atoms with van der Waals surface area (Å²) >= 11 is 3.05. The smallest absolute Gasteiger partial charge is 0.263 e. The molecule has 166 valence electrons. The topological polar surface area (TPSA) is 44.1 Å². The van der Waals surface area contributed by atoms with Crippen molar-refractivity contribution in [3.8, 4) is 5.75 Å². The molecule has 4 aromatic rings. The van der Waals surface area contributed by atoms with Gasteiger partial charge in [-0.25, -0.2) is 9.37 Å². The first-order valence-corrected chi connectivity index (χ1v) is 12.4. The van der Waals surface area contributed by atoms with Gasteiger partial charge in [0.1, 0.15) is 4.83 Å². The van der Waals surface area contributed by atoms with Gasteiger partial charge in [-0.2, -0.15) is 0 Å². The van der Waals surface area contributed by atoms with E-state index in [1.54, 1.807) is 34.1 Å². The number of ether oxygens (including phenoxy) is 1. The van der Waals surface area contributed by atoms with Gasteiger partial charge in [-0.15, -0.1) is 11.3 Å². The number of rotatable bonds is 8. The standard InChI is InChI=1S/C25H25FN2O2S2/c1-4-21-17(3)22-23(32-21)27-25(31-14-13-30-20-8-6-5-7-19(20)26)28(24(22)29)15-18-11-9-16(2)10-12-18/h5-12H,4,13-15H2,1-3H3. The highest BCUT2D eigenvalue weighted by molar-refractivity contribution is 7.99. The van der Waals surface area contributed by atoms with Gasteiger partial charge in [0.15, 0.2) is 16.7 Å². The number of fused-ring (bicyclic) bond motifs is 1. The highest BCUT2D eigenvalue weighted by Gasteiger charge is 2.18. The van der Waals surface area contributed by atoms with Crippen LogP contribution in [0, 0.1) is 19.7 Å². The number of para-hydroxylation sites is 1. The lowest BCUT2D eigenvalue weighted by atomic mass is 10.1. The Hall–Kier alpha value is -2.64. The number of nitrogens with zero attached hydrogens (tertiary/aromatic N) is 2. The van der Waals surface area contributed by atoms with E-state index >= 15 is 0 Å². The van der Waals surface area contributed by atoms with E-state index in [9.17, 15) is 9.18 Å². The summed E-state index contributed by atoms with van der Waals surface area (Å²) in [6.07, 6.45) is 0.878. The average molecular weight is 469 g/mol. The number of hydrogen-bond acceptors (Lipinski definition) is 5. The second kappa shape index (κ2) is 9.88. The zero-order valence-corrected chi connectivity index (χ0v) is 20.0. The molecule has 2 aromatic carbocycles. The summed E-state index contributed by atoms with van der Waals surface area (Å²) in [5.74, 6) is 0.398. The average Bonchev–Trinajstić information content (AvgIpc) is 3.11. The van der Waals surface area contributed by atoms with Crippen molar-refractivity contribution in [3.05, 3.63) is 86.3 Å². The minimum absolute atomic E-state index is 0.0125. The van der Waals surface area contributed by atoms with Crippen molar-refractivity contribution >= 4 is 33.3 Å². The van der Waals surface area contributed by atoms with E-state index in [0.29, 0.717) is 29.4 Å². The van der Waals surface area contributed by atoms with Gasteiger partial charge in [0.2, 0.25) is 0 Å². The molecule has 2 heterocycles.